The molecule has 0 radical (unpaired) electrons. The quantitative estimate of drug-likeness (QED) is 0.545. The van der Waals surface area contributed by atoms with Crippen molar-refractivity contribution in [3.8, 4) is 0 Å². The van der Waals surface area contributed by atoms with E-state index in [2.05, 4.69) is 0 Å². The number of hydrogen-bond acceptors (Lipinski definition) is 4. The first kappa shape index (κ1) is 8.93. The molecule has 66 valence electrons. The number of aliphatic hydroxyl groups excluding tert-OH is 2. The van der Waals surface area contributed by atoms with Gasteiger partial charge in [-0.05, 0) is 6.92 Å². The van der Waals surface area contributed by atoms with Crippen LogP contribution in [-0.2, 0) is 9.47 Å². The van der Waals surface area contributed by atoms with Crippen LogP contribution in [-0.4, -0.2) is 41.9 Å². The van der Waals surface area contributed by atoms with E-state index in [9.17, 15) is 10.2 Å². The third-order valence-electron chi connectivity index (χ3n) is 1.88. The second-order valence-electron chi connectivity index (χ2n) is 2.84. The van der Waals surface area contributed by atoms with Crippen molar-refractivity contribution in [2.24, 2.45) is 0 Å². The number of rotatable bonds is 1. The summed E-state index contributed by atoms with van der Waals surface area (Å²) in [4.78, 5) is 0. The smallest absolute Gasteiger partial charge is 0.183 e. The molecular weight excluding hydrogens is 148 g/mol. The van der Waals surface area contributed by atoms with E-state index < -0.39 is 18.5 Å². The largest absolute Gasteiger partial charge is 0.390 e. The maximum absolute atomic E-state index is 9.34. The molecule has 11 heavy (non-hydrogen) atoms. The third kappa shape index (κ3) is 1.90. The van der Waals surface area contributed by atoms with Crippen LogP contribution in [0.25, 0.3) is 0 Å². The van der Waals surface area contributed by atoms with E-state index in [4.69, 9.17) is 9.47 Å². The van der Waals surface area contributed by atoms with Gasteiger partial charge in [0.05, 0.1) is 12.2 Å². The predicted molar refractivity (Wildman–Crippen MR) is 38.0 cm³/mol. The molecule has 0 saturated carbocycles. The van der Waals surface area contributed by atoms with E-state index in [0.29, 0.717) is 6.42 Å². The second-order valence-corrected chi connectivity index (χ2v) is 2.84. The van der Waals surface area contributed by atoms with Crippen molar-refractivity contribution >= 4 is 0 Å². The highest BCUT2D eigenvalue weighted by atomic mass is 16.6. The van der Waals surface area contributed by atoms with Crippen LogP contribution in [0.5, 0.6) is 0 Å². The summed E-state index contributed by atoms with van der Waals surface area (Å²) in [7, 11) is 1.44. The molecule has 1 aliphatic heterocycles. The maximum atomic E-state index is 9.34. The maximum Gasteiger partial charge on any atom is 0.183 e. The van der Waals surface area contributed by atoms with E-state index in [1.54, 1.807) is 6.92 Å². The van der Waals surface area contributed by atoms with Crippen LogP contribution in [0, 0.1) is 0 Å². The zero-order valence-electron chi connectivity index (χ0n) is 6.73. The molecule has 0 aromatic rings. The molecule has 0 amide bonds. The second kappa shape index (κ2) is 3.49. The van der Waals surface area contributed by atoms with Crippen molar-refractivity contribution in [3.63, 3.8) is 0 Å². The van der Waals surface area contributed by atoms with Crippen LogP contribution in [0.15, 0.2) is 0 Å². The van der Waals surface area contributed by atoms with Gasteiger partial charge >= 0.3 is 0 Å². The SMILES string of the molecule is CO[C@@H]1[C@H](O)C[C@H](C)O[C@@H]1O. The molecule has 0 unspecified atom stereocenters. The van der Waals surface area contributed by atoms with E-state index >= 15 is 0 Å². The average Bonchev–Trinajstić information content (AvgIpc) is 1.85. The number of methoxy groups -OCH3 is 1. The Balaban J connectivity index is 2.52. The standard InChI is InChI=1S/C7H14O4/c1-4-3-5(8)6(10-2)7(9)11-4/h4-9H,3H2,1-2H3/t4-,5+,6+,7-/m0/s1. The van der Waals surface area contributed by atoms with Crippen molar-refractivity contribution in [2.45, 2.75) is 37.9 Å². The van der Waals surface area contributed by atoms with E-state index in [-0.39, 0.29) is 6.10 Å². The van der Waals surface area contributed by atoms with E-state index in [1.807, 2.05) is 0 Å². The fourth-order valence-electron chi connectivity index (χ4n) is 1.31. The van der Waals surface area contributed by atoms with Crippen molar-refractivity contribution in [3.05, 3.63) is 0 Å². The van der Waals surface area contributed by atoms with Crippen molar-refractivity contribution < 1.29 is 19.7 Å². The van der Waals surface area contributed by atoms with Gasteiger partial charge in [-0.2, -0.15) is 0 Å². The molecule has 1 saturated heterocycles. The van der Waals surface area contributed by atoms with Crippen LogP contribution in [0.2, 0.25) is 0 Å². The number of aliphatic hydroxyl groups is 2. The lowest BCUT2D eigenvalue weighted by Gasteiger charge is -2.34. The molecule has 1 heterocycles. The van der Waals surface area contributed by atoms with Gasteiger partial charge in [-0.1, -0.05) is 0 Å². The van der Waals surface area contributed by atoms with Crippen LogP contribution in [0.4, 0.5) is 0 Å². The summed E-state index contributed by atoms with van der Waals surface area (Å²) in [5, 5.41) is 18.5. The minimum atomic E-state index is -1.00. The molecule has 2 N–H and O–H groups in total. The summed E-state index contributed by atoms with van der Waals surface area (Å²) < 4.78 is 9.87. The van der Waals surface area contributed by atoms with Gasteiger partial charge in [0.2, 0.25) is 0 Å². The molecule has 1 fully saturated rings. The van der Waals surface area contributed by atoms with Crippen LogP contribution in [0.3, 0.4) is 0 Å². The Bertz CT molecular complexity index is 116. The molecule has 0 bridgehead atoms. The number of ether oxygens (including phenoxy) is 2. The highest BCUT2D eigenvalue weighted by Gasteiger charge is 2.34. The molecule has 0 aliphatic carbocycles. The Morgan fingerprint density at radius 3 is 2.55 bits per heavy atom. The van der Waals surface area contributed by atoms with Crippen LogP contribution >= 0.6 is 0 Å². The van der Waals surface area contributed by atoms with E-state index in [1.165, 1.54) is 7.11 Å². The first-order valence-corrected chi connectivity index (χ1v) is 3.69. The predicted octanol–water partition coefficient (Wildman–Crippen LogP) is -0.510. The van der Waals surface area contributed by atoms with Gasteiger partial charge in [0, 0.05) is 13.5 Å². The average molecular weight is 162 g/mol. The Labute approximate surface area is 65.7 Å². The van der Waals surface area contributed by atoms with Crippen molar-refractivity contribution in [1.29, 1.82) is 0 Å². The molecule has 0 spiro atoms. The fourth-order valence-corrected chi connectivity index (χ4v) is 1.31. The first-order valence-electron chi connectivity index (χ1n) is 3.69. The van der Waals surface area contributed by atoms with Crippen molar-refractivity contribution in [1.82, 2.24) is 0 Å². The Morgan fingerprint density at radius 1 is 1.45 bits per heavy atom. The topological polar surface area (TPSA) is 58.9 Å². The molecular formula is C7H14O4. The highest BCUT2D eigenvalue weighted by molar-refractivity contribution is 4.79. The normalized spacial score (nSPS) is 45.8. The molecule has 0 aromatic carbocycles. The lowest BCUT2D eigenvalue weighted by molar-refractivity contribution is -0.249. The first-order chi connectivity index (χ1) is 5.15. The minimum Gasteiger partial charge on any atom is -0.390 e. The monoisotopic (exact) mass is 162 g/mol. The summed E-state index contributed by atoms with van der Waals surface area (Å²) in [5.41, 5.74) is 0. The van der Waals surface area contributed by atoms with Gasteiger partial charge in [-0.25, -0.2) is 0 Å². The number of hydrogen-bond donors (Lipinski definition) is 2. The van der Waals surface area contributed by atoms with Gasteiger partial charge in [-0.3, -0.25) is 0 Å². The summed E-state index contributed by atoms with van der Waals surface area (Å²) in [6.07, 6.45) is -1.83. The van der Waals surface area contributed by atoms with Crippen LogP contribution in [0.1, 0.15) is 13.3 Å². The van der Waals surface area contributed by atoms with Gasteiger partial charge < -0.3 is 19.7 Å². The zero-order valence-corrected chi connectivity index (χ0v) is 6.73. The molecule has 4 nitrogen and oxygen atoms in total. The minimum absolute atomic E-state index is 0.105. The lowest BCUT2D eigenvalue weighted by atomic mass is 10.0. The Hall–Kier alpha value is -0.160. The molecule has 4 heteroatoms. The van der Waals surface area contributed by atoms with E-state index in [0.717, 1.165) is 0 Å². The van der Waals surface area contributed by atoms with Gasteiger partial charge in [0.25, 0.3) is 0 Å². The molecule has 0 aromatic heterocycles. The summed E-state index contributed by atoms with van der Waals surface area (Å²) in [5.74, 6) is 0. The van der Waals surface area contributed by atoms with Gasteiger partial charge in [-0.15, -0.1) is 0 Å². The third-order valence-corrected chi connectivity index (χ3v) is 1.88. The summed E-state index contributed by atoms with van der Waals surface area (Å²) in [6.45, 7) is 1.80. The molecule has 1 rings (SSSR count). The Morgan fingerprint density at radius 2 is 2.09 bits per heavy atom. The fraction of sp³-hybridized carbons (Fsp3) is 1.00. The summed E-state index contributed by atoms with van der Waals surface area (Å²) in [6, 6.07) is 0. The summed E-state index contributed by atoms with van der Waals surface area (Å²) >= 11 is 0. The molecule has 1 aliphatic rings. The van der Waals surface area contributed by atoms with Gasteiger partial charge in [0.1, 0.15) is 6.10 Å². The van der Waals surface area contributed by atoms with Crippen LogP contribution < -0.4 is 0 Å². The highest BCUT2D eigenvalue weighted by Crippen LogP contribution is 2.20. The van der Waals surface area contributed by atoms with Gasteiger partial charge in [0.15, 0.2) is 6.29 Å². The lowest BCUT2D eigenvalue weighted by Crippen LogP contribution is -2.48. The Kier molecular flexibility index (Phi) is 2.84. The van der Waals surface area contributed by atoms with Crippen molar-refractivity contribution in [2.75, 3.05) is 7.11 Å². The zero-order chi connectivity index (χ0) is 8.43. The molecule has 4 atom stereocenters.